The Morgan fingerprint density at radius 2 is 1.97 bits per heavy atom. The van der Waals surface area contributed by atoms with Crippen molar-refractivity contribution in [1.82, 2.24) is 25.0 Å². The highest BCUT2D eigenvalue weighted by atomic mass is 19.4. The summed E-state index contributed by atoms with van der Waals surface area (Å²) < 4.78 is 37.2. The zero-order valence-corrected chi connectivity index (χ0v) is 15.8. The van der Waals surface area contributed by atoms with E-state index < -0.39 is 12.1 Å². The Morgan fingerprint density at radius 1 is 1.30 bits per heavy atom. The summed E-state index contributed by atoms with van der Waals surface area (Å²) >= 11 is 0. The molecule has 4 rings (SSSR count). The van der Waals surface area contributed by atoms with E-state index in [2.05, 4.69) is 32.1 Å². The Bertz CT molecular complexity index is 1090. The molecule has 2 N–H and O–H groups in total. The number of hydrogen-bond acceptors (Lipinski definition) is 7. The van der Waals surface area contributed by atoms with Crippen LogP contribution in [-0.4, -0.2) is 62.4 Å². The number of hydrogen-bond donors (Lipinski definition) is 2. The smallest absolute Gasteiger partial charge is 0.475 e. The number of likely N-dealkylation sites (tertiary alicyclic amines) is 1. The summed E-state index contributed by atoms with van der Waals surface area (Å²) in [5.74, 6) is -1.23. The quantitative estimate of drug-likeness (QED) is 0.641. The molecule has 3 aromatic rings. The molecule has 30 heavy (non-hydrogen) atoms. The van der Waals surface area contributed by atoms with Crippen molar-refractivity contribution in [3.8, 4) is 11.4 Å². The summed E-state index contributed by atoms with van der Waals surface area (Å²) in [5, 5.41) is 11.7. The number of alkyl halides is 3. The molecule has 0 unspecified atom stereocenters. The zero-order chi connectivity index (χ0) is 21.9. The number of carboxylic acid groups (broad SMARTS) is 1. The summed E-state index contributed by atoms with van der Waals surface area (Å²) in [5.41, 5.74) is 1.24. The summed E-state index contributed by atoms with van der Waals surface area (Å²) in [6.07, 6.45) is -1.63. The number of halogens is 3. The van der Waals surface area contributed by atoms with Crippen LogP contribution < -0.4 is 5.56 Å². The Morgan fingerprint density at radius 3 is 2.60 bits per heavy atom. The summed E-state index contributed by atoms with van der Waals surface area (Å²) in [6, 6.07) is 5.41. The molecule has 0 spiro atoms. The second-order valence-corrected chi connectivity index (χ2v) is 6.80. The average Bonchev–Trinajstić information content (AvgIpc) is 3.19. The fourth-order valence-electron chi connectivity index (χ4n) is 2.98. The maximum Gasteiger partial charge on any atom is 0.490 e. The number of H-pyrrole nitrogens is 1. The number of aromatic amines is 1. The van der Waals surface area contributed by atoms with E-state index in [1.165, 1.54) is 6.33 Å². The highest BCUT2D eigenvalue weighted by Crippen LogP contribution is 2.28. The molecule has 0 saturated carbocycles. The van der Waals surface area contributed by atoms with Crippen molar-refractivity contribution in [2.45, 2.75) is 24.9 Å². The van der Waals surface area contributed by atoms with Gasteiger partial charge in [-0.3, -0.25) is 4.79 Å². The van der Waals surface area contributed by atoms with Gasteiger partial charge in [-0.25, -0.2) is 9.78 Å². The molecule has 12 heteroatoms. The standard InChI is InChI=1S/C16H17N5O2.C2HF3O2/c1-21-6-4-10(5-7-21)16-19-14(20-23-16)11-2-3-13-12(8-11)15(22)18-9-17-13;3-2(4,5)1(6)7/h2-3,8-10H,4-7H2,1H3,(H,17,18,22);(H,6,7). The number of nitrogens with zero attached hydrogens (tertiary/aromatic N) is 4. The van der Waals surface area contributed by atoms with Crippen molar-refractivity contribution in [3.63, 3.8) is 0 Å². The molecule has 1 fully saturated rings. The van der Waals surface area contributed by atoms with Gasteiger partial charge < -0.3 is 19.5 Å². The SMILES string of the molecule is CN1CCC(c2nc(-c3ccc4nc[nH]c(=O)c4c3)no2)CC1.O=C(O)C(F)(F)F. The van der Waals surface area contributed by atoms with Gasteiger partial charge in [0.2, 0.25) is 11.7 Å². The molecule has 1 aliphatic rings. The molecule has 1 aromatic carbocycles. The Balaban J connectivity index is 0.000000318. The van der Waals surface area contributed by atoms with E-state index in [4.69, 9.17) is 14.4 Å². The maximum atomic E-state index is 11.9. The van der Waals surface area contributed by atoms with Crippen molar-refractivity contribution < 1.29 is 27.6 Å². The largest absolute Gasteiger partial charge is 0.490 e. The minimum Gasteiger partial charge on any atom is -0.475 e. The van der Waals surface area contributed by atoms with E-state index in [1.54, 1.807) is 12.1 Å². The van der Waals surface area contributed by atoms with Gasteiger partial charge in [-0.15, -0.1) is 0 Å². The third-order valence-electron chi connectivity index (χ3n) is 4.65. The van der Waals surface area contributed by atoms with Crippen LogP contribution in [0.4, 0.5) is 13.2 Å². The van der Waals surface area contributed by atoms with Crippen LogP contribution in [0, 0.1) is 0 Å². The van der Waals surface area contributed by atoms with Crippen molar-refractivity contribution in [1.29, 1.82) is 0 Å². The van der Waals surface area contributed by atoms with E-state index >= 15 is 0 Å². The molecule has 160 valence electrons. The van der Waals surface area contributed by atoms with Crippen molar-refractivity contribution >= 4 is 16.9 Å². The number of benzene rings is 1. The van der Waals surface area contributed by atoms with Crippen LogP contribution in [0.15, 0.2) is 33.8 Å². The molecule has 0 bridgehead atoms. The Labute approximate surface area is 167 Å². The predicted octanol–water partition coefficient (Wildman–Crippen LogP) is 2.42. The van der Waals surface area contributed by atoms with E-state index in [-0.39, 0.29) is 5.56 Å². The molecular weight excluding hydrogens is 407 g/mol. The molecule has 1 aliphatic heterocycles. The maximum absolute atomic E-state index is 11.9. The minimum atomic E-state index is -5.08. The summed E-state index contributed by atoms with van der Waals surface area (Å²) in [7, 11) is 2.12. The van der Waals surface area contributed by atoms with E-state index in [0.717, 1.165) is 31.5 Å². The van der Waals surface area contributed by atoms with E-state index in [9.17, 15) is 18.0 Å². The highest BCUT2D eigenvalue weighted by molar-refractivity contribution is 5.82. The van der Waals surface area contributed by atoms with Crippen LogP contribution in [-0.2, 0) is 4.79 Å². The predicted molar refractivity (Wildman–Crippen MR) is 98.8 cm³/mol. The molecule has 0 amide bonds. The van der Waals surface area contributed by atoms with E-state index in [0.29, 0.717) is 28.5 Å². The van der Waals surface area contributed by atoms with Crippen molar-refractivity contribution in [2.24, 2.45) is 0 Å². The van der Waals surface area contributed by atoms with Gasteiger partial charge >= 0.3 is 12.1 Å². The molecule has 0 atom stereocenters. The third kappa shape index (κ3) is 5.00. The normalized spacial score (nSPS) is 15.6. The lowest BCUT2D eigenvalue weighted by Gasteiger charge is -2.26. The van der Waals surface area contributed by atoms with Crippen molar-refractivity contribution in [3.05, 3.63) is 40.8 Å². The number of carbonyl (C=O) groups is 1. The minimum absolute atomic E-state index is 0.170. The Hall–Kier alpha value is -3.28. The first-order chi connectivity index (χ1) is 14.1. The Kier molecular flexibility index (Phi) is 6.15. The van der Waals surface area contributed by atoms with Gasteiger partial charge in [0.25, 0.3) is 5.56 Å². The second-order valence-electron chi connectivity index (χ2n) is 6.80. The summed E-state index contributed by atoms with van der Waals surface area (Å²) in [6.45, 7) is 2.08. The van der Waals surface area contributed by atoms with Gasteiger partial charge in [-0.2, -0.15) is 18.2 Å². The number of nitrogens with one attached hydrogen (secondary N) is 1. The molecule has 0 aliphatic carbocycles. The highest BCUT2D eigenvalue weighted by Gasteiger charge is 2.38. The summed E-state index contributed by atoms with van der Waals surface area (Å²) in [4.78, 5) is 34.3. The van der Waals surface area contributed by atoms with Crippen LogP contribution >= 0.6 is 0 Å². The van der Waals surface area contributed by atoms with Crippen LogP contribution in [0.3, 0.4) is 0 Å². The third-order valence-corrected chi connectivity index (χ3v) is 4.65. The number of carboxylic acids is 1. The van der Waals surface area contributed by atoms with Gasteiger partial charge in [0.15, 0.2) is 0 Å². The molecule has 9 nitrogen and oxygen atoms in total. The monoisotopic (exact) mass is 425 g/mol. The van der Waals surface area contributed by atoms with Crippen LogP contribution in [0.1, 0.15) is 24.7 Å². The van der Waals surface area contributed by atoms with Gasteiger partial charge in [0.1, 0.15) is 0 Å². The molecule has 3 heterocycles. The number of aliphatic carboxylic acids is 1. The number of fused-ring (bicyclic) bond motifs is 1. The lowest BCUT2D eigenvalue weighted by Crippen LogP contribution is -2.29. The van der Waals surface area contributed by atoms with Gasteiger partial charge in [-0.05, 0) is 51.2 Å². The van der Waals surface area contributed by atoms with Crippen LogP contribution in [0.25, 0.3) is 22.3 Å². The zero-order valence-electron chi connectivity index (χ0n) is 15.8. The number of piperidine rings is 1. The fourth-order valence-corrected chi connectivity index (χ4v) is 2.98. The topological polar surface area (TPSA) is 125 Å². The van der Waals surface area contributed by atoms with Gasteiger partial charge in [0.05, 0.1) is 17.2 Å². The second kappa shape index (κ2) is 8.61. The lowest BCUT2D eigenvalue weighted by atomic mass is 9.97. The lowest BCUT2D eigenvalue weighted by molar-refractivity contribution is -0.192. The number of aromatic nitrogens is 4. The molecule has 1 saturated heterocycles. The first-order valence-corrected chi connectivity index (χ1v) is 8.95. The first-order valence-electron chi connectivity index (χ1n) is 8.95. The number of rotatable bonds is 2. The average molecular weight is 425 g/mol. The molecular formula is C18H18F3N5O4. The van der Waals surface area contributed by atoms with Gasteiger partial charge in [-0.1, -0.05) is 5.16 Å². The molecule has 2 aromatic heterocycles. The first kappa shape index (κ1) is 21.4. The van der Waals surface area contributed by atoms with Gasteiger partial charge in [0, 0.05) is 11.5 Å². The molecule has 0 radical (unpaired) electrons. The van der Waals surface area contributed by atoms with Crippen LogP contribution in [0.5, 0.6) is 0 Å². The van der Waals surface area contributed by atoms with E-state index in [1.807, 2.05) is 6.07 Å². The fraction of sp³-hybridized carbons (Fsp3) is 0.389. The van der Waals surface area contributed by atoms with Crippen LogP contribution in [0.2, 0.25) is 0 Å². The van der Waals surface area contributed by atoms with Crippen molar-refractivity contribution in [2.75, 3.05) is 20.1 Å².